The van der Waals surface area contributed by atoms with Gasteiger partial charge in [0.1, 0.15) is 13.2 Å². The van der Waals surface area contributed by atoms with E-state index in [0.29, 0.717) is 30.4 Å². The molecule has 0 atom stereocenters. The molecule has 7 heteroatoms. The highest BCUT2D eigenvalue weighted by molar-refractivity contribution is 6.04. The first-order chi connectivity index (χ1) is 10.9. The van der Waals surface area contributed by atoms with Crippen LogP contribution in [0.5, 0.6) is 11.5 Å². The van der Waals surface area contributed by atoms with Crippen molar-refractivity contribution < 1.29 is 27.4 Å². The number of nitrogens with one attached hydrogen (secondary N) is 1. The number of rotatable bonds is 2. The van der Waals surface area contributed by atoms with Crippen molar-refractivity contribution in [3.05, 3.63) is 53.6 Å². The first-order valence-electron chi connectivity index (χ1n) is 6.82. The Hall–Kier alpha value is -2.70. The van der Waals surface area contributed by atoms with Gasteiger partial charge in [-0.05, 0) is 30.3 Å². The summed E-state index contributed by atoms with van der Waals surface area (Å²) in [6.45, 7) is 0.848. The average Bonchev–Trinajstić information content (AvgIpc) is 2.54. The lowest BCUT2D eigenvalue weighted by atomic mass is 10.1. The molecule has 0 aliphatic carbocycles. The molecule has 1 amide bonds. The molecule has 4 nitrogen and oxygen atoms in total. The third-order valence-corrected chi connectivity index (χ3v) is 3.25. The molecule has 0 bridgehead atoms. The van der Waals surface area contributed by atoms with E-state index >= 15 is 0 Å². The van der Waals surface area contributed by atoms with Crippen LogP contribution in [0.1, 0.15) is 15.9 Å². The number of fused-ring (bicyclic) bond motifs is 1. The summed E-state index contributed by atoms with van der Waals surface area (Å²) in [5.41, 5.74) is -0.529. The van der Waals surface area contributed by atoms with Crippen LogP contribution in [0.25, 0.3) is 0 Å². The van der Waals surface area contributed by atoms with E-state index in [0.717, 1.165) is 12.1 Å². The zero-order valence-corrected chi connectivity index (χ0v) is 11.8. The second-order valence-electron chi connectivity index (χ2n) is 4.89. The minimum atomic E-state index is -4.49. The second-order valence-corrected chi connectivity index (χ2v) is 4.89. The van der Waals surface area contributed by atoms with Crippen LogP contribution in [0.3, 0.4) is 0 Å². The predicted molar refractivity (Wildman–Crippen MR) is 76.8 cm³/mol. The summed E-state index contributed by atoms with van der Waals surface area (Å²) in [7, 11) is 0. The van der Waals surface area contributed by atoms with Crippen LogP contribution in [-0.4, -0.2) is 19.1 Å². The van der Waals surface area contributed by atoms with Crippen molar-refractivity contribution in [2.75, 3.05) is 18.5 Å². The molecule has 2 aromatic carbocycles. The quantitative estimate of drug-likeness (QED) is 0.916. The van der Waals surface area contributed by atoms with Gasteiger partial charge in [0.15, 0.2) is 11.5 Å². The number of anilines is 1. The van der Waals surface area contributed by atoms with E-state index in [2.05, 4.69) is 5.32 Å². The molecule has 0 fully saturated rings. The fourth-order valence-electron chi connectivity index (χ4n) is 2.16. The summed E-state index contributed by atoms with van der Waals surface area (Å²) in [4.78, 5) is 12.1. The number of hydrogen-bond acceptors (Lipinski definition) is 3. The normalized spacial score (nSPS) is 13.5. The van der Waals surface area contributed by atoms with Crippen molar-refractivity contribution in [2.24, 2.45) is 0 Å². The van der Waals surface area contributed by atoms with E-state index in [-0.39, 0.29) is 5.56 Å². The largest absolute Gasteiger partial charge is 0.486 e. The second kappa shape index (κ2) is 5.83. The number of benzene rings is 2. The van der Waals surface area contributed by atoms with Gasteiger partial charge in [0.05, 0.1) is 5.56 Å². The summed E-state index contributed by atoms with van der Waals surface area (Å²) < 4.78 is 48.8. The van der Waals surface area contributed by atoms with Gasteiger partial charge in [0.2, 0.25) is 0 Å². The molecule has 1 heterocycles. The van der Waals surface area contributed by atoms with Crippen LogP contribution >= 0.6 is 0 Å². The number of hydrogen-bond donors (Lipinski definition) is 1. The molecule has 3 rings (SSSR count). The van der Waals surface area contributed by atoms with Gasteiger partial charge in [0, 0.05) is 17.3 Å². The maximum Gasteiger partial charge on any atom is 0.416 e. The van der Waals surface area contributed by atoms with Gasteiger partial charge >= 0.3 is 6.18 Å². The standard InChI is InChI=1S/C16H12F3NO3/c17-16(18,19)11-3-1-2-10(8-11)15(21)20-12-4-5-13-14(9-12)23-7-6-22-13/h1-5,8-9H,6-7H2,(H,20,21). The maximum atomic E-state index is 12.7. The number of alkyl halides is 3. The lowest BCUT2D eigenvalue weighted by molar-refractivity contribution is -0.137. The molecule has 0 radical (unpaired) electrons. The molecule has 120 valence electrons. The Kier molecular flexibility index (Phi) is 3.85. The van der Waals surface area contributed by atoms with Crippen LogP contribution in [0, 0.1) is 0 Å². The SMILES string of the molecule is O=C(Nc1ccc2c(c1)OCCO2)c1cccc(C(F)(F)F)c1. The summed E-state index contributed by atoms with van der Waals surface area (Å²) in [5, 5.41) is 2.55. The Morgan fingerprint density at radius 1 is 1.00 bits per heavy atom. The molecule has 2 aromatic rings. The Morgan fingerprint density at radius 2 is 1.74 bits per heavy atom. The van der Waals surface area contributed by atoms with E-state index < -0.39 is 17.6 Å². The summed E-state index contributed by atoms with van der Waals surface area (Å²) >= 11 is 0. The summed E-state index contributed by atoms with van der Waals surface area (Å²) in [6.07, 6.45) is -4.49. The number of carbonyl (C=O) groups excluding carboxylic acids is 1. The van der Waals surface area contributed by atoms with Gasteiger partial charge in [-0.1, -0.05) is 6.07 Å². The molecular formula is C16H12F3NO3. The molecule has 0 saturated carbocycles. The number of ether oxygens (including phenoxy) is 2. The van der Waals surface area contributed by atoms with E-state index in [1.165, 1.54) is 12.1 Å². The van der Waals surface area contributed by atoms with Gasteiger partial charge < -0.3 is 14.8 Å². The van der Waals surface area contributed by atoms with Gasteiger partial charge in [0.25, 0.3) is 5.91 Å². The van der Waals surface area contributed by atoms with Gasteiger partial charge in [-0.2, -0.15) is 13.2 Å². The minimum Gasteiger partial charge on any atom is -0.486 e. The highest BCUT2D eigenvalue weighted by Crippen LogP contribution is 2.33. The molecule has 1 aliphatic rings. The van der Waals surface area contributed by atoms with Crippen molar-refractivity contribution in [3.63, 3.8) is 0 Å². The number of amides is 1. The highest BCUT2D eigenvalue weighted by Gasteiger charge is 2.30. The van der Waals surface area contributed by atoms with Crippen molar-refractivity contribution in [1.82, 2.24) is 0 Å². The maximum absolute atomic E-state index is 12.7. The molecule has 1 aliphatic heterocycles. The van der Waals surface area contributed by atoms with Crippen molar-refractivity contribution in [2.45, 2.75) is 6.18 Å². The Bertz CT molecular complexity index is 744. The predicted octanol–water partition coefficient (Wildman–Crippen LogP) is 3.73. The topological polar surface area (TPSA) is 47.6 Å². The Balaban J connectivity index is 1.79. The van der Waals surface area contributed by atoms with Crippen LogP contribution in [0.15, 0.2) is 42.5 Å². The molecule has 23 heavy (non-hydrogen) atoms. The van der Waals surface area contributed by atoms with Crippen molar-refractivity contribution >= 4 is 11.6 Å². The fourth-order valence-corrected chi connectivity index (χ4v) is 2.16. The summed E-state index contributed by atoms with van der Waals surface area (Å²) in [6, 6.07) is 9.05. The smallest absolute Gasteiger partial charge is 0.416 e. The van der Waals surface area contributed by atoms with Crippen LogP contribution in [-0.2, 0) is 6.18 Å². The molecule has 0 spiro atoms. The number of carbonyl (C=O) groups is 1. The monoisotopic (exact) mass is 323 g/mol. The highest BCUT2D eigenvalue weighted by atomic mass is 19.4. The summed E-state index contributed by atoms with van der Waals surface area (Å²) in [5.74, 6) is 0.416. The lowest BCUT2D eigenvalue weighted by Crippen LogP contribution is -2.17. The molecule has 0 aromatic heterocycles. The Labute approximate surface area is 129 Å². The molecule has 1 N–H and O–H groups in total. The van der Waals surface area contributed by atoms with E-state index in [1.54, 1.807) is 18.2 Å². The minimum absolute atomic E-state index is 0.0743. The van der Waals surface area contributed by atoms with E-state index in [4.69, 9.17) is 9.47 Å². The van der Waals surface area contributed by atoms with E-state index in [9.17, 15) is 18.0 Å². The first kappa shape index (κ1) is 15.2. The third kappa shape index (κ3) is 3.39. The van der Waals surface area contributed by atoms with Gasteiger partial charge in [-0.25, -0.2) is 0 Å². The molecule has 0 saturated heterocycles. The van der Waals surface area contributed by atoms with Crippen molar-refractivity contribution in [1.29, 1.82) is 0 Å². The molecule has 0 unspecified atom stereocenters. The van der Waals surface area contributed by atoms with Gasteiger partial charge in [-0.3, -0.25) is 4.79 Å². The van der Waals surface area contributed by atoms with Crippen LogP contribution in [0.4, 0.5) is 18.9 Å². The van der Waals surface area contributed by atoms with E-state index in [1.807, 2.05) is 0 Å². The Morgan fingerprint density at radius 3 is 2.48 bits per heavy atom. The van der Waals surface area contributed by atoms with Gasteiger partial charge in [-0.15, -0.1) is 0 Å². The number of halogens is 3. The van der Waals surface area contributed by atoms with Crippen molar-refractivity contribution in [3.8, 4) is 11.5 Å². The zero-order valence-electron chi connectivity index (χ0n) is 11.8. The fraction of sp³-hybridized carbons (Fsp3) is 0.188. The first-order valence-corrected chi connectivity index (χ1v) is 6.82. The molecular weight excluding hydrogens is 311 g/mol. The average molecular weight is 323 g/mol. The van der Waals surface area contributed by atoms with Crippen LogP contribution < -0.4 is 14.8 Å². The van der Waals surface area contributed by atoms with Crippen LogP contribution in [0.2, 0.25) is 0 Å². The zero-order chi connectivity index (χ0) is 16.4. The lowest BCUT2D eigenvalue weighted by Gasteiger charge is -2.19. The third-order valence-electron chi connectivity index (χ3n) is 3.25.